The average Bonchev–Trinajstić information content (AvgIpc) is 4.24. The molecule has 6 bridgehead atoms. The zero-order valence-electron chi connectivity index (χ0n) is 38.5. The van der Waals surface area contributed by atoms with Gasteiger partial charge in [-0.1, -0.05) is 95.6 Å². The summed E-state index contributed by atoms with van der Waals surface area (Å²) in [6.45, 7) is 12.4. The molecule has 330 valence electrons. The Morgan fingerprint density at radius 1 is 0.576 bits per heavy atom. The van der Waals surface area contributed by atoms with Crippen LogP contribution in [-0.2, 0) is 21.0 Å². The Morgan fingerprint density at radius 2 is 1.11 bits per heavy atom. The molecule has 0 unspecified atom stereocenters. The summed E-state index contributed by atoms with van der Waals surface area (Å²) >= 11 is 0. The maximum absolute atomic E-state index is 16.1. The maximum atomic E-state index is 16.1. The van der Waals surface area contributed by atoms with E-state index in [2.05, 4.69) is 147 Å². The Labute approximate surface area is 388 Å². The van der Waals surface area contributed by atoms with Crippen LogP contribution in [0.4, 0.5) is 17.1 Å². The Kier molecular flexibility index (Phi) is 6.19. The monoisotopic (exact) mass is 866 g/mol. The van der Waals surface area contributed by atoms with E-state index in [1.807, 2.05) is 0 Å². The molecule has 0 radical (unpaired) electrons. The Balaban J connectivity index is 0.868. The number of rotatable bonds is 1. The van der Waals surface area contributed by atoms with Crippen molar-refractivity contribution in [3.05, 3.63) is 159 Å². The molecule has 14 atom stereocenters. The molecule has 12 aliphatic heterocycles. The Hall–Kier alpha value is -4.95. The molecular formula is C59H58N6O. The van der Waals surface area contributed by atoms with Gasteiger partial charge < -0.3 is 14.7 Å². The van der Waals surface area contributed by atoms with Gasteiger partial charge in [-0.05, 0) is 124 Å². The van der Waals surface area contributed by atoms with Gasteiger partial charge in [0.2, 0.25) is 0 Å². The molecule has 9 fully saturated rings. The minimum absolute atomic E-state index is 0.0156. The predicted molar refractivity (Wildman–Crippen MR) is 258 cm³/mol. The van der Waals surface area contributed by atoms with Gasteiger partial charge in [0.1, 0.15) is 0 Å². The van der Waals surface area contributed by atoms with E-state index in [0.717, 1.165) is 51.0 Å². The third-order valence-electron chi connectivity index (χ3n) is 22.6. The van der Waals surface area contributed by atoms with E-state index in [1.165, 1.54) is 48.4 Å². The lowest BCUT2D eigenvalue weighted by Gasteiger charge is -2.57. The molecule has 12 heterocycles. The summed E-state index contributed by atoms with van der Waals surface area (Å²) in [6.07, 6.45) is 17.1. The SMILES string of the molecule is CC=C1CN2[C@@H](C3=C[C@@H]4[C@@H]5N(C3=O)c3ccccc3[C@@]53CCN5CC(=CC)[C@@H]4C[C@H]53)C[C@@]34c5ccccc5N5C6=C7[C@H]8C[C@@H]9N(CC[C@@]9%10c9ccccc9N(C6=C([C@H]1C[C@H]23)[C@H]54)[C@@H]7%10)C/C8=C/C. The molecule has 18 rings (SSSR count). The highest BCUT2D eigenvalue weighted by Crippen LogP contribution is 2.75. The van der Waals surface area contributed by atoms with E-state index < -0.39 is 0 Å². The molecule has 0 N–H and O–H groups in total. The second kappa shape index (κ2) is 11.3. The van der Waals surface area contributed by atoms with Crippen LogP contribution in [0.2, 0.25) is 0 Å². The number of para-hydroxylation sites is 3. The highest BCUT2D eigenvalue weighted by Gasteiger charge is 2.77. The molecule has 7 nitrogen and oxygen atoms in total. The molecule has 66 heavy (non-hydrogen) atoms. The number of allylic oxidation sites excluding steroid dienone is 3. The third-order valence-corrected chi connectivity index (χ3v) is 22.6. The smallest absolute Gasteiger partial charge is 0.255 e. The van der Waals surface area contributed by atoms with Gasteiger partial charge in [-0.2, -0.15) is 0 Å². The fourth-order valence-corrected chi connectivity index (χ4v) is 20.7. The number of anilines is 3. The van der Waals surface area contributed by atoms with E-state index in [9.17, 15) is 0 Å². The van der Waals surface area contributed by atoms with Crippen molar-refractivity contribution >= 4 is 23.0 Å². The van der Waals surface area contributed by atoms with Crippen molar-refractivity contribution in [1.82, 2.24) is 14.7 Å². The van der Waals surface area contributed by atoms with E-state index >= 15 is 4.79 Å². The van der Waals surface area contributed by atoms with Gasteiger partial charge in [0, 0.05) is 100 Å². The molecule has 1 amide bonds. The van der Waals surface area contributed by atoms with Gasteiger partial charge in [0.25, 0.3) is 5.91 Å². The number of piperidine rings is 3. The molecule has 3 aromatic carbocycles. The van der Waals surface area contributed by atoms with Crippen LogP contribution in [0.5, 0.6) is 0 Å². The van der Waals surface area contributed by atoms with Crippen LogP contribution in [-0.4, -0.2) is 95.6 Å². The first-order chi connectivity index (χ1) is 32.5. The topological polar surface area (TPSA) is 36.5 Å². The molecule has 3 saturated carbocycles. The second-order valence-corrected chi connectivity index (χ2v) is 23.5. The van der Waals surface area contributed by atoms with Crippen molar-refractivity contribution in [1.29, 1.82) is 0 Å². The maximum Gasteiger partial charge on any atom is 0.255 e. The number of fused-ring (bicyclic) bond motifs is 15. The lowest BCUT2D eigenvalue weighted by atomic mass is 9.54. The van der Waals surface area contributed by atoms with Crippen LogP contribution >= 0.6 is 0 Å². The Bertz CT molecular complexity index is 3100. The van der Waals surface area contributed by atoms with E-state index in [-0.39, 0.29) is 34.4 Å². The number of nitrogens with zero attached hydrogens (tertiary/aromatic N) is 6. The number of benzene rings is 3. The summed E-state index contributed by atoms with van der Waals surface area (Å²) in [5, 5.41) is 0. The van der Waals surface area contributed by atoms with Gasteiger partial charge in [0.05, 0.1) is 29.5 Å². The van der Waals surface area contributed by atoms with Crippen molar-refractivity contribution < 1.29 is 4.79 Å². The van der Waals surface area contributed by atoms with Gasteiger partial charge in [-0.3, -0.25) is 19.5 Å². The second-order valence-electron chi connectivity index (χ2n) is 23.5. The molecular weight excluding hydrogens is 809 g/mol. The van der Waals surface area contributed by atoms with Crippen LogP contribution in [0.3, 0.4) is 0 Å². The van der Waals surface area contributed by atoms with Crippen molar-refractivity contribution in [2.45, 2.75) is 118 Å². The molecule has 7 heteroatoms. The first-order valence-corrected chi connectivity index (χ1v) is 26.1. The molecule has 3 aliphatic carbocycles. The standard InChI is InChI=1S/C59H58N6O/c1-4-31-28-60-21-19-57-40-14-8-12-18-44(40)65-53(57)37(34(31)24-46(57)60)23-38(56(65)66)45-27-59-41-15-9-11-17-43(41)64-51-49-35-25-47-58(20-22-61(47)29-32(35)5-2)39-13-7-10-16-42(39)63(54(49)58)52(51)50(55(59)64)36-26-48(59)62(45)30-33(36)6-3/h4-18,23,34-37,45-48,53-55H,19-22,24-30H2,1-3H3/b31-4?,32-5-,33-6?/t34-,35-,36-,37-,45+,46-,47-,48-,53-,54-,55-,57+,58+,59+/m0/s1. The first-order valence-electron chi connectivity index (χ1n) is 26.1. The summed E-state index contributed by atoms with van der Waals surface area (Å²) in [4.78, 5) is 33.1. The van der Waals surface area contributed by atoms with Gasteiger partial charge in [-0.15, -0.1) is 0 Å². The average molecular weight is 867 g/mol. The number of carbonyl (C=O) groups is 1. The highest BCUT2D eigenvalue weighted by atomic mass is 16.2. The fraction of sp³-hybridized carbons (Fsp3) is 0.475. The first kappa shape index (κ1) is 36.1. The Morgan fingerprint density at radius 3 is 1.77 bits per heavy atom. The van der Waals surface area contributed by atoms with Crippen molar-refractivity contribution in [3.8, 4) is 0 Å². The minimum atomic E-state index is -0.119. The van der Waals surface area contributed by atoms with Crippen LogP contribution in [0.1, 0.15) is 76.0 Å². The number of amides is 1. The van der Waals surface area contributed by atoms with E-state index in [1.54, 1.807) is 50.4 Å². The number of hydrogen-bond donors (Lipinski definition) is 0. The fourth-order valence-electron chi connectivity index (χ4n) is 20.7. The normalized spacial score (nSPS) is 45.6. The van der Waals surface area contributed by atoms with E-state index in [4.69, 9.17) is 0 Å². The summed E-state index contributed by atoms with van der Waals surface area (Å²) in [5.74, 6) is 1.99. The minimum Gasteiger partial charge on any atom is -0.331 e. The lowest BCUT2D eigenvalue weighted by molar-refractivity contribution is -0.118. The van der Waals surface area contributed by atoms with Crippen LogP contribution in [0.15, 0.2) is 142 Å². The zero-order chi connectivity index (χ0) is 43.1. The van der Waals surface area contributed by atoms with Gasteiger partial charge in [-0.25, -0.2) is 0 Å². The summed E-state index contributed by atoms with van der Waals surface area (Å²) in [7, 11) is 0. The van der Waals surface area contributed by atoms with E-state index in [0.29, 0.717) is 53.7 Å². The predicted octanol–water partition coefficient (Wildman–Crippen LogP) is 8.52. The summed E-state index contributed by atoms with van der Waals surface area (Å²) in [5.41, 5.74) is 21.4. The van der Waals surface area contributed by atoms with Crippen molar-refractivity contribution in [3.63, 3.8) is 0 Å². The third kappa shape index (κ3) is 3.42. The molecule has 6 saturated heterocycles. The molecule has 3 spiro atoms. The largest absolute Gasteiger partial charge is 0.331 e. The highest BCUT2D eigenvalue weighted by molar-refractivity contribution is 6.10. The quantitative estimate of drug-likeness (QED) is 0.229. The number of carbonyl (C=O) groups excluding carboxylic acids is 1. The van der Waals surface area contributed by atoms with Crippen LogP contribution < -0.4 is 14.7 Å². The zero-order valence-corrected chi connectivity index (χ0v) is 38.5. The summed E-state index contributed by atoms with van der Waals surface area (Å²) in [6, 6.07) is 30.9. The van der Waals surface area contributed by atoms with Crippen molar-refractivity contribution in [2.75, 3.05) is 47.4 Å². The molecule has 3 aromatic rings. The lowest BCUT2D eigenvalue weighted by Crippen LogP contribution is -2.66. The van der Waals surface area contributed by atoms with Crippen molar-refractivity contribution in [2.24, 2.45) is 23.7 Å². The van der Waals surface area contributed by atoms with Crippen LogP contribution in [0.25, 0.3) is 0 Å². The number of hydrogen-bond acceptors (Lipinski definition) is 6. The molecule has 15 aliphatic rings. The molecule has 0 aromatic heterocycles. The van der Waals surface area contributed by atoms with Gasteiger partial charge >= 0.3 is 0 Å². The van der Waals surface area contributed by atoms with Crippen LogP contribution in [0, 0.1) is 23.7 Å². The summed E-state index contributed by atoms with van der Waals surface area (Å²) < 4.78 is 0. The van der Waals surface area contributed by atoms with Gasteiger partial charge in [0.15, 0.2) is 0 Å².